The smallest absolute Gasteiger partial charge is 0.192 e. The Morgan fingerprint density at radius 2 is 1.31 bits per heavy atom. The first-order chi connectivity index (χ1) is 21.6. The lowest BCUT2D eigenvalue weighted by molar-refractivity contribution is 0.434. The molecule has 0 saturated carbocycles. The summed E-state index contributed by atoms with van der Waals surface area (Å²) >= 11 is 0. The van der Waals surface area contributed by atoms with Crippen molar-refractivity contribution >= 4 is 41.2 Å². The summed E-state index contributed by atoms with van der Waals surface area (Å²) in [6.45, 7) is 11.3. The van der Waals surface area contributed by atoms with E-state index in [4.69, 9.17) is 4.74 Å². The molecule has 0 saturated heterocycles. The van der Waals surface area contributed by atoms with Gasteiger partial charge in [0.1, 0.15) is 11.5 Å². The molecule has 0 atom stereocenters. The van der Waals surface area contributed by atoms with Gasteiger partial charge in [-0.3, -0.25) is 4.79 Å². The molecular weight excluding hydrogens is 569 g/mol. The minimum Gasteiger partial charge on any atom is -0.457 e. The number of nitrogens with zero attached hydrogens (tertiary/aromatic N) is 2. The lowest BCUT2D eigenvalue weighted by atomic mass is 9.61. The molecular formula is C40H36N2O2Si. The van der Waals surface area contributed by atoms with Crippen LogP contribution in [0.1, 0.15) is 33.4 Å². The van der Waals surface area contributed by atoms with E-state index in [0.717, 1.165) is 56.2 Å². The number of aromatic nitrogens is 1. The van der Waals surface area contributed by atoms with Crippen LogP contribution in [-0.2, 0) is 12.5 Å². The minimum atomic E-state index is -1.70. The fraction of sp³-hybridized carbons (Fsp3) is 0.175. The number of hydrogen-bond donors (Lipinski definition) is 0. The maximum atomic E-state index is 13.1. The third-order valence-electron chi connectivity index (χ3n) is 9.72. The topological polar surface area (TPSA) is 34.5 Å². The summed E-state index contributed by atoms with van der Waals surface area (Å²) in [4.78, 5) is 15.5. The van der Waals surface area contributed by atoms with Crippen LogP contribution in [0, 0.1) is 13.8 Å². The second-order valence-corrected chi connectivity index (χ2v) is 18.7. The van der Waals surface area contributed by atoms with Crippen LogP contribution in [0.2, 0.25) is 19.6 Å². The van der Waals surface area contributed by atoms with E-state index < -0.39 is 13.5 Å². The number of benzene rings is 5. The summed E-state index contributed by atoms with van der Waals surface area (Å²) in [6, 6.07) is 37.3. The van der Waals surface area contributed by atoms with Crippen LogP contribution in [0.3, 0.4) is 0 Å². The van der Waals surface area contributed by atoms with Gasteiger partial charge < -0.3 is 14.2 Å². The molecule has 0 bridgehead atoms. The lowest BCUT2D eigenvalue weighted by Crippen LogP contribution is -2.43. The Balaban J connectivity index is 1.54. The van der Waals surface area contributed by atoms with Gasteiger partial charge in [-0.1, -0.05) is 91.1 Å². The number of ether oxygens (including phenoxy) is 1. The van der Waals surface area contributed by atoms with Crippen LogP contribution in [0.15, 0.2) is 114 Å². The third-order valence-corrected chi connectivity index (χ3v) is 11.8. The molecule has 6 aromatic rings. The van der Waals surface area contributed by atoms with E-state index in [0.29, 0.717) is 0 Å². The van der Waals surface area contributed by atoms with Crippen molar-refractivity contribution in [2.45, 2.75) is 38.9 Å². The lowest BCUT2D eigenvalue weighted by Gasteiger charge is -2.49. The highest BCUT2D eigenvalue weighted by Gasteiger charge is 2.51. The van der Waals surface area contributed by atoms with E-state index in [1.165, 1.54) is 21.9 Å². The number of hydrogen-bond acceptors (Lipinski definition) is 3. The monoisotopic (exact) mass is 604 g/mol. The highest BCUT2D eigenvalue weighted by molar-refractivity contribution is 6.88. The van der Waals surface area contributed by atoms with Gasteiger partial charge in [0.2, 0.25) is 0 Å². The second-order valence-electron chi connectivity index (χ2n) is 13.6. The zero-order valence-electron chi connectivity index (χ0n) is 26.6. The molecule has 0 N–H and O–H groups in total. The molecule has 8 rings (SSSR count). The Bertz CT molecular complexity index is 2210. The maximum Gasteiger partial charge on any atom is 0.192 e. The summed E-state index contributed by atoms with van der Waals surface area (Å²) in [5, 5.41) is 2.15. The predicted octanol–water partition coefficient (Wildman–Crippen LogP) is 8.97. The van der Waals surface area contributed by atoms with Crippen LogP contribution in [0.4, 0.5) is 17.1 Å². The molecule has 0 aliphatic carbocycles. The Morgan fingerprint density at radius 1 is 0.689 bits per heavy atom. The molecule has 4 nitrogen and oxygen atoms in total. The quantitative estimate of drug-likeness (QED) is 0.185. The summed E-state index contributed by atoms with van der Waals surface area (Å²) in [5.41, 5.74) is 10.4. The molecule has 5 aromatic carbocycles. The number of rotatable bonds is 2. The van der Waals surface area contributed by atoms with Crippen LogP contribution >= 0.6 is 0 Å². The number of pyridine rings is 1. The van der Waals surface area contributed by atoms with Crippen molar-refractivity contribution in [3.05, 3.63) is 153 Å². The summed E-state index contributed by atoms with van der Waals surface area (Å²) in [6.07, 6.45) is 1.93. The zero-order valence-corrected chi connectivity index (χ0v) is 27.6. The van der Waals surface area contributed by atoms with Gasteiger partial charge >= 0.3 is 0 Å². The van der Waals surface area contributed by atoms with E-state index in [1.807, 2.05) is 26.2 Å². The van der Waals surface area contributed by atoms with Crippen LogP contribution in [0.25, 0.3) is 10.9 Å². The largest absolute Gasteiger partial charge is 0.457 e. The zero-order chi connectivity index (χ0) is 31.2. The van der Waals surface area contributed by atoms with E-state index in [9.17, 15) is 4.79 Å². The van der Waals surface area contributed by atoms with Gasteiger partial charge in [-0.15, -0.1) is 0 Å². The van der Waals surface area contributed by atoms with Crippen molar-refractivity contribution < 1.29 is 4.74 Å². The molecule has 5 heteroatoms. The van der Waals surface area contributed by atoms with Crippen molar-refractivity contribution in [3.63, 3.8) is 0 Å². The molecule has 222 valence electrons. The summed E-state index contributed by atoms with van der Waals surface area (Å²) in [7, 11) is 0.316. The highest BCUT2D eigenvalue weighted by atomic mass is 28.3. The van der Waals surface area contributed by atoms with E-state index >= 15 is 0 Å². The van der Waals surface area contributed by atoms with Gasteiger partial charge in [-0.2, -0.15) is 0 Å². The number of fused-ring (bicyclic) bond motifs is 9. The SMILES string of the molecule is Cc1ccc2c(c1)C1(c3ccccc3Oc3ccccc31)c1cc([Si](C)(C)C)ccc1N2c1ccc2c(=O)c(C)cn(C)c2c1. The van der Waals surface area contributed by atoms with Crippen molar-refractivity contribution in [1.29, 1.82) is 0 Å². The molecule has 2 aliphatic heterocycles. The van der Waals surface area contributed by atoms with Crippen molar-refractivity contribution in [1.82, 2.24) is 4.57 Å². The van der Waals surface area contributed by atoms with Crippen molar-refractivity contribution in [2.24, 2.45) is 7.05 Å². The number of para-hydroxylation sites is 2. The minimum absolute atomic E-state index is 0.0823. The normalized spacial score (nSPS) is 14.4. The van der Waals surface area contributed by atoms with E-state index in [2.05, 4.69) is 133 Å². The van der Waals surface area contributed by atoms with Crippen LogP contribution < -0.4 is 20.3 Å². The summed E-state index contributed by atoms with van der Waals surface area (Å²) in [5.74, 6) is 1.77. The molecule has 1 spiro atoms. The molecule has 0 amide bonds. The van der Waals surface area contributed by atoms with Crippen LogP contribution in [-0.4, -0.2) is 12.6 Å². The average Bonchev–Trinajstić information content (AvgIpc) is 3.03. The van der Waals surface area contributed by atoms with E-state index in [-0.39, 0.29) is 5.43 Å². The Morgan fingerprint density at radius 3 is 1.98 bits per heavy atom. The van der Waals surface area contributed by atoms with Crippen molar-refractivity contribution in [3.8, 4) is 11.5 Å². The van der Waals surface area contributed by atoms with Gasteiger partial charge in [0.15, 0.2) is 5.43 Å². The molecule has 3 heterocycles. The van der Waals surface area contributed by atoms with Gasteiger partial charge in [0.25, 0.3) is 0 Å². The Hall–Kier alpha value is -4.87. The first kappa shape index (κ1) is 27.7. The molecule has 1 aromatic heterocycles. The Kier molecular flexibility index (Phi) is 5.88. The first-order valence-corrected chi connectivity index (χ1v) is 19.1. The molecule has 0 fully saturated rings. The standard InChI is InChI=1S/C40H36N2O2Si/c1-25-15-19-34-32(21-25)40(30-11-7-9-13-37(30)44-38-14-10-8-12-31(38)40)33-23-28(45(4,5)6)17-20-35(33)42(34)27-16-18-29-36(22-27)41(3)24-26(2)39(29)43/h7-24H,1-6H3. The van der Waals surface area contributed by atoms with E-state index in [1.54, 1.807) is 0 Å². The molecule has 0 unspecified atom stereocenters. The summed E-state index contributed by atoms with van der Waals surface area (Å²) < 4.78 is 8.69. The predicted molar refractivity (Wildman–Crippen MR) is 188 cm³/mol. The molecule has 2 aliphatic rings. The molecule has 0 radical (unpaired) electrons. The van der Waals surface area contributed by atoms with Gasteiger partial charge in [-0.05, 0) is 67.4 Å². The fourth-order valence-electron chi connectivity index (χ4n) is 7.54. The van der Waals surface area contributed by atoms with Gasteiger partial charge in [0, 0.05) is 41.0 Å². The third kappa shape index (κ3) is 3.87. The van der Waals surface area contributed by atoms with Gasteiger partial charge in [0.05, 0.1) is 30.4 Å². The second kappa shape index (κ2) is 9.56. The maximum absolute atomic E-state index is 13.1. The first-order valence-electron chi connectivity index (χ1n) is 15.6. The Labute approximate surface area is 265 Å². The highest BCUT2D eigenvalue weighted by Crippen LogP contribution is 2.62. The van der Waals surface area contributed by atoms with Gasteiger partial charge in [-0.25, -0.2) is 0 Å². The number of aryl methyl sites for hydroxylation is 3. The van der Waals surface area contributed by atoms with Crippen LogP contribution in [0.5, 0.6) is 11.5 Å². The van der Waals surface area contributed by atoms with Crippen molar-refractivity contribution in [2.75, 3.05) is 4.90 Å². The number of anilines is 3. The average molecular weight is 605 g/mol. The molecule has 45 heavy (non-hydrogen) atoms. The fourth-order valence-corrected chi connectivity index (χ4v) is 8.71.